The van der Waals surface area contributed by atoms with Gasteiger partial charge in [-0.3, -0.25) is 0 Å². The van der Waals surface area contributed by atoms with Gasteiger partial charge in [0.2, 0.25) is 0 Å². The molecule has 5 aliphatic carbocycles. The fourth-order valence-corrected chi connectivity index (χ4v) is 34.2. The third kappa shape index (κ3) is 4.74. The Morgan fingerprint density at radius 1 is 0.685 bits per heavy atom. The van der Waals surface area contributed by atoms with E-state index in [1.165, 1.54) is 53.6 Å². The topological polar surface area (TPSA) is 0 Å². The molecule has 0 aliphatic heterocycles. The molecule has 54 heavy (non-hydrogen) atoms. The zero-order valence-corrected chi connectivity index (χ0v) is 36.6. The van der Waals surface area contributed by atoms with Crippen molar-refractivity contribution in [3.05, 3.63) is 153 Å². The molecule has 5 aromatic carbocycles. The van der Waals surface area contributed by atoms with Gasteiger partial charge in [-0.2, -0.15) is 0 Å². The van der Waals surface area contributed by atoms with Gasteiger partial charge in [0.25, 0.3) is 0 Å². The van der Waals surface area contributed by atoms with Crippen LogP contribution in [0.3, 0.4) is 0 Å². The van der Waals surface area contributed by atoms with Gasteiger partial charge in [0.05, 0.1) is 0 Å². The summed E-state index contributed by atoms with van der Waals surface area (Å²) in [4.78, 5) is 0. The molecule has 6 atom stereocenters. The average Bonchev–Trinajstić information content (AvgIpc) is 3.86. The third-order valence-electron chi connectivity index (χ3n) is 16.7. The van der Waals surface area contributed by atoms with E-state index in [1.807, 2.05) is 11.1 Å². The van der Waals surface area contributed by atoms with Crippen molar-refractivity contribution >= 4 is 57.1 Å². The van der Waals surface area contributed by atoms with Crippen LogP contribution in [0, 0.1) is 29.1 Å². The first-order valence-corrected chi connectivity index (χ1v) is 27.0. The SMILES string of the molecule is Cl.Cl.[CH2]=[Zr]([C]1=CC=CC1)([c]1ccc2ccccc2c1)([c]1ccc2ccccc2c1)[C]1(C)C2=C3Cc4ccccc4C3C3CCCCC3C2CC(C)C1(C)C. The molecule has 0 nitrogen and oxygen atoms in total. The second-order valence-electron chi connectivity index (χ2n) is 18.4. The molecule has 0 saturated heterocycles. The van der Waals surface area contributed by atoms with Gasteiger partial charge in [-0.25, -0.2) is 0 Å². The summed E-state index contributed by atoms with van der Waals surface area (Å²) in [5.74, 6) is 3.24. The molecule has 0 radical (unpaired) electrons. The van der Waals surface area contributed by atoms with Crippen LogP contribution >= 0.6 is 24.8 Å². The Labute approximate surface area is 336 Å². The van der Waals surface area contributed by atoms with Gasteiger partial charge in [0.15, 0.2) is 0 Å². The van der Waals surface area contributed by atoms with E-state index in [9.17, 15) is 0 Å². The summed E-state index contributed by atoms with van der Waals surface area (Å²) in [5.41, 5.74) is 6.93. The van der Waals surface area contributed by atoms with E-state index in [1.54, 1.807) is 21.0 Å². The van der Waals surface area contributed by atoms with Crippen LogP contribution in [-0.2, 0) is 24.7 Å². The molecule has 0 spiro atoms. The Bertz CT molecular complexity index is 2380. The monoisotopic (exact) mass is 828 g/mol. The quantitative estimate of drug-likeness (QED) is 0.158. The Morgan fingerprint density at radius 3 is 1.87 bits per heavy atom. The Kier molecular flexibility index (Phi) is 9.44. The van der Waals surface area contributed by atoms with Crippen molar-refractivity contribution in [3.8, 4) is 0 Å². The first-order valence-electron chi connectivity index (χ1n) is 20.4. The average molecular weight is 831 g/mol. The minimum absolute atomic E-state index is 0. The number of benzene rings is 5. The second-order valence-corrected chi connectivity index (χ2v) is 32.4. The standard InChI is InChI=1S/C25H33.2C10H7.C5H5.CH2.2ClH.Zr/c1-15-13-21-19-11-7-8-12-20(19)24-18-10-6-5-9-17(18)14-22(24)23(21)16(2)25(15,3)4;2*1-2-6-10-8-4-3-7-9(10)5-1;1-2-4-5-3-1;;;;/h5-6,9-10,15,19-21,24H,7-8,11-14H2,1-4H3;2*1-3,5-8H;1-3H,4H2;1H2;2*1H;. The van der Waals surface area contributed by atoms with Gasteiger partial charge in [0, 0.05) is 0 Å². The first kappa shape index (κ1) is 38.1. The van der Waals surface area contributed by atoms with Crippen LogP contribution in [0.5, 0.6) is 0 Å². The summed E-state index contributed by atoms with van der Waals surface area (Å²) in [7, 11) is 0. The Balaban J connectivity index is 0.00000207. The zero-order chi connectivity index (χ0) is 35.5. The fraction of sp³-hybridized carbons (Fsp3) is 0.353. The molecular weight excluding hydrogens is 775 g/mol. The third-order valence-corrected chi connectivity index (χ3v) is 36.6. The first-order chi connectivity index (χ1) is 25.2. The van der Waals surface area contributed by atoms with Gasteiger partial charge in [-0.05, 0) is 0 Å². The van der Waals surface area contributed by atoms with E-state index in [-0.39, 0.29) is 33.4 Å². The molecule has 5 aromatic rings. The van der Waals surface area contributed by atoms with Crippen molar-refractivity contribution in [3.63, 3.8) is 0 Å². The van der Waals surface area contributed by atoms with Crippen molar-refractivity contribution in [2.24, 2.45) is 29.1 Å². The molecule has 6 unspecified atom stereocenters. The van der Waals surface area contributed by atoms with Crippen LogP contribution in [-0.4, -0.2) is 4.21 Å². The number of rotatable bonds is 4. The number of allylic oxidation sites excluding steroid dienone is 6. The maximum absolute atomic E-state index is 6.19. The van der Waals surface area contributed by atoms with Crippen molar-refractivity contribution in [2.45, 2.75) is 81.7 Å². The molecule has 0 bridgehead atoms. The van der Waals surface area contributed by atoms with E-state index in [2.05, 4.69) is 155 Å². The minimum atomic E-state index is -5.13. The van der Waals surface area contributed by atoms with Crippen LogP contribution in [0.1, 0.15) is 83.3 Å². The number of hydrogen-bond donors (Lipinski definition) is 0. The fourth-order valence-electron chi connectivity index (χ4n) is 13.7. The number of fused-ring (bicyclic) bond motifs is 9. The predicted molar refractivity (Wildman–Crippen MR) is 235 cm³/mol. The van der Waals surface area contributed by atoms with E-state index in [0.29, 0.717) is 17.8 Å². The molecule has 2 fully saturated rings. The summed E-state index contributed by atoms with van der Waals surface area (Å²) in [6, 6.07) is 43.0. The van der Waals surface area contributed by atoms with E-state index >= 15 is 0 Å². The second kappa shape index (κ2) is 13.4. The van der Waals surface area contributed by atoms with Crippen LogP contribution in [0.2, 0.25) is 3.12 Å². The number of halogens is 2. The molecule has 0 N–H and O–H groups in total. The molecule has 0 aromatic heterocycles. The van der Waals surface area contributed by atoms with Crippen LogP contribution in [0.25, 0.3) is 21.5 Å². The molecule has 5 aliphatic rings. The van der Waals surface area contributed by atoms with Crippen molar-refractivity contribution in [1.29, 1.82) is 0 Å². The number of hydrogen-bond acceptors (Lipinski definition) is 0. The van der Waals surface area contributed by atoms with Crippen molar-refractivity contribution in [2.75, 3.05) is 0 Å². The summed E-state index contributed by atoms with van der Waals surface area (Å²) in [6.07, 6.45) is 16.3. The Hall–Kier alpha value is -2.83. The maximum atomic E-state index is 6.19. The zero-order valence-electron chi connectivity index (χ0n) is 32.5. The molecule has 0 heterocycles. The predicted octanol–water partition coefficient (Wildman–Crippen LogP) is 13.1. The summed E-state index contributed by atoms with van der Waals surface area (Å²) < 4.78 is 10.8. The van der Waals surface area contributed by atoms with Crippen molar-refractivity contribution in [1.82, 2.24) is 0 Å². The molecule has 3 heteroatoms. The molecular formula is C51H56Cl2Zr. The van der Waals surface area contributed by atoms with E-state index in [0.717, 1.165) is 24.7 Å². The molecule has 278 valence electrons. The van der Waals surface area contributed by atoms with Gasteiger partial charge in [-0.15, -0.1) is 24.8 Å². The Morgan fingerprint density at radius 2 is 1.26 bits per heavy atom. The summed E-state index contributed by atoms with van der Waals surface area (Å²) in [5, 5.41) is 5.33. The van der Waals surface area contributed by atoms with Crippen molar-refractivity contribution < 1.29 is 18.3 Å². The van der Waals surface area contributed by atoms with Gasteiger partial charge < -0.3 is 0 Å². The van der Waals surface area contributed by atoms with E-state index in [4.69, 9.17) is 4.21 Å². The van der Waals surface area contributed by atoms with Gasteiger partial charge in [0.1, 0.15) is 0 Å². The van der Waals surface area contributed by atoms with Gasteiger partial charge >= 0.3 is 314 Å². The molecule has 0 amide bonds. The van der Waals surface area contributed by atoms with Crippen LogP contribution < -0.4 is 6.54 Å². The van der Waals surface area contributed by atoms with Crippen LogP contribution in [0.15, 0.2) is 142 Å². The normalized spacial score (nSPS) is 28.3. The summed E-state index contributed by atoms with van der Waals surface area (Å²) in [6.45, 7) is 10.8. The summed E-state index contributed by atoms with van der Waals surface area (Å²) >= 11 is -5.13. The molecule has 10 rings (SSSR count). The van der Waals surface area contributed by atoms with Crippen LogP contribution in [0.4, 0.5) is 0 Å². The molecule has 2 saturated carbocycles. The van der Waals surface area contributed by atoms with E-state index < -0.39 is 18.3 Å². The van der Waals surface area contributed by atoms with Gasteiger partial charge in [-0.1, -0.05) is 0 Å².